The quantitative estimate of drug-likeness (QED) is 0.908. The van der Waals surface area contributed by atoms with Gasteiger partial charge in [0.2, 0.25) is 0 Å². The summed E-state index contributed by atoms with van der Waals surface area (Å²) < 4.78 is 10.7. The van der Waals surface area contributed by atoms with Gasteiger partial charge in [-0.15, -0.1) is 0 Å². The molecule has 0 unspecified atom stereocenters. The molecule has 1 N–H and O–H groups in total. The minimum atomic E-state index is -0.507. The Morgan fingerprint density at radius 3 is 2.40 bits per heavy atom. The highest BCUT2D eigenvalue weighted by Crippen LogP contribution is 2.46. The van der Waals surface area contributed by atoms with E-state index in [0.717, 1.165) is 18.4 Å². The highest BCUT2D eigenvalue weighted by atomic mass is 16.6. The fourth-order valence-electron chi connectivity index (χ4n) is 3.06. The maximum atomic E-state index is 12.1. The van der Waals surface area contributed by atoms with Crippen LogP contribution in [0.1, 0.15) is 39.2 Å². The first-order chi connectivity index (χ1) is 11.8. The third kappa shape index (κ3) is 4.44. The Bertz CT molecular complexity index is 629. The molecule has 1 saturated heterocycles. The zero-order valence-electron chi connectivity index (χ0n) is 15.1. The highest BCUT2D eigenvalue weighted by molar-refractivity contribution is 5.71. The summed E-state index contributed by atoms with van der Waals surface area (Å²) in [6, 6.07) is 9.62. The first-order valence-electron chi connectivity index (χ1n) is 8.74. The maximum Gasteiger partial charge on any atom is 0.410 e. The van der Waals surface area contributed by atoms with Crippen LogP contribution in [0.15, 0.2) is 30.3 Å². The second kappa shape index (κ2) is 6.58. The van der Waals surface area contributed by atoms with Gasteiger partial charge >= 0.3 is 12.2 Å². The molecule has 25 heavy (non-hydrogen) atoms. The average Bonchev–Trinajstić information content (AvgIpc) is 3.22. The molecule has 0 radical (unpaired) electrons. The fourth-order valence-corrected chi connectivity index (χ4v) is 3.06. The van der Waals surface area contributed by atoms with Gasteiger partial charge < -0.3 is 19.7 Å². The van der Waals surface area contributed by atoms with Crippen LogP contribution in [0.2, 0.25) is 0 Å². The molecule has 1 saturated carbocycles. The molecule has 0 aromatic heterocycles. The molecule has 2 amide bonds. The Labute approximate surface area is 148 Å². The van der Waals surface area contributed by atoms with E-state index in [2.05, 4.69) is 5.32 Å². The molecule has 2 fully saturated rings. The van der Waals surface area contributed by atoms with E-state index in [1.165, 1.54) is 0 Å². The Kier molecular flexibility index (Phi) is 4.62. The monoisotopic (exact) mass is 346 g/mol. The molecule has 2 aliphatic rings. The molecule has 1 aliphatic carbocycles. The number of alkyl carbamates (subject to hydrolysis) is 1. The van der Waals surface area contributed by atoms with Gasteiger partial charge in [0, 0.05) is 24.5 Å². The zero-order chi connectivity index (χ0) is 18.1. The third-order valence-electron chi connectivity index (χ3n) is 4.66. The fraction of sp³-hybridized carbons (Fsp3) is 0.579. The smallest absolute Gasteiger partial charge is 0.410 e. The Morgan fingerprint density at radius 2 is 1.84 bits per heavy atom. The van der Waals surface area contributed by atoms with Crippen LogP contribution in [-0.4, -0.2) is 41.3 Å². The molecular formula is C19H26N2O4. The minimum Gasteiger partial charge on any atom is -0.445 e. The first-order valence-corrected chi connectivity index (χ1v) is 8.74. The Morgan fingerprint density at radius 1 is 1.20 bits per heavy atom. The van der Waals surface area contributed by atoms with Crippen LogP contribution in [0.3, 0.4) is 0 Å². The normalized spacial score (nSPS) is 18.9. The number of likely N-dealkylation sites (tertiary alicyclic amines) is 1. The lowest BCUT2D eigenvalue weighted by Gasteiger charge is -2.43. The van der Waals surface area contributed by atoms with Gasteiger partial charge in [-0.1, -0.05) is 30.3 Å². The lowest BCUT2D eigenvalue weighted by atomic mass is 9.89. The van der Waals surface area contributed by atoms with Crippen molar-refractivity contribution in [3.63, 3.8) is 0 Å². The van der Waals surface area contributed by atoms with E-state index in [9.17, 15) is 9.59 Å². The highest BCUT2D eigenvalue weighted by Gasteiger charge is 2.56. The number of carbonyl (C=O) groups is 2. The maximum absolute atomic E-state index is 12.1. The summed E-state index contributed by atoms with van der Waals surface area (Å²) in [4.78, 5) is 25.8. The van der Waals surface area contributed by atoms with Crippen molar-refractivity contribution in [1.82, 2.24) is 10.2 Å². The van der Waals surface area contributed by atoms with E-state index in [4.69, 9.17) is 9.47 Å². The summed E-state index contributed by atoms with van der Waals surface area (Å²) in [5.41, 5.74) is 0.254. The largest absolute Gasteiger partial charge is 0.445 e. The molecule has 6 heteroatoms. The lowest BCUT2D eigenvalue weighted by molar-refractivity contribution is 0.0231. The number of hydrogen-bond acceptors (Lipinski definition) is 4. The molecule has 6 nitrogen and oxygen atoms in total. The minimum absolute atomic E-state index is 0.210. The van der Waals surface area contributed by atoms with Crippen molar-refractivity contribution in [2.45, 2.75) is 51.4 Å². The molecule has 0 spiro atoms. The summed E-state index contributed by atoms with van der Waals surface area (Å²) >= 11 is 0. The Balaban J connectivity index is 1.42. The average molecular weight is 346 g/mol. The van der Waals surface area contributed by atoms with Crippen LogP contribution in [0.25, 0.3) is 0 Å². The number of benzene rings is 1. The summed E-state index contributed by atoms with van der Waals surface area (Å²) in [5, 5.41) is 3.00. The second-order valence-corrected chi connectivity index (χ2v) is 7.93. The van der Waals surface area contributed by atoms with Gasteiger partial charge in [-0.3, -0.25) is 0 Å². The van der Waals surface area contributed by atoms with Crippen molar-refractivity contribution in [3.8, 4) is 0 Å². The van der Waals surface area contributed by atoms with Crippen molar-refractivity contribution in [1.29, 1.82) is 0 Å². The number of carbonyl (C=O) groups excluding carboxylic acids is 2. The number of nitrogens with zero attached hydrogens (tertiary/aromatic N) is 1. The van der Waals surface area contributed by atoms with Crippen molar-refractivity contribution in [2.75, 3.05) is 13.1 Å². The van der Waals surface area contributed by atoms with Crippen LogP contribution in [0.5, 0.6) is 0 Å². The molecule has 3 rings (SSSR count). The lowest BCUT2D eigenvalue weighted by Crippen LogP contribution is -2.60. The van der Waals surface area contributed by atoms with Crippen molar-refractivity contribution >= 4 is 12.2 Å². The predicted octanol–water partition coefficient (Wildman–Crippen LogP) is 3.31. The molecule has 1 aromatic rings. The molecule has 0 bridgehead atoms. The number of amides is 2. The predicted molar refractivity (Wildman–Crippen MR) is 93.0 cm³/mol. The topological polar surface area (TPSA) is 67.9 Å². The van der Waals surface area contributed by atoms with Gasteiger partial charge in [-0.25, -0.2) is 9.59 Å². The van der Waals surface area contributed by atoms with Gasteiger partial charge in [0.05, 0.1) is 0 Å². The van der Waals surface area contributed by atoms with E-state index in [1.807, 2.05) is 51.1 Å². The number of ether oxygens (including phenoxy) is 2. The SMILES string of the molecule is CC(C)(C)OC(=O)NC1(C2CN(C(=O)OCc3ccccc3)C2)CC1. The molecule has 136 valence electrons. The van der Waals surface area contributed by atoms with E-state index in [1.54, 1.807) is 4.90 Å². The van der Waals surface area contributed by atoms with Crippen LogP contribution >= 0.6 is 0 Å². The summed E-state index contributed by atoms with van der Waals surface area (Å²) in [5.74, 6) is 0.268. The van der Waals surface area contributed by atoms with E-state index in [-0.39, 0.29) is 30.3 Å². The van der Waals surface area contributed by atoms with Crippen LogP contribution in [0, 0.1) is 5.92 Å². The van der Waals surface area contributed by atoms with Gasteiger partial charge in [0.1, 0.15) is 12.2 Å². The van der Waals surface area contributed by atoms with Crippen molar-refractivity contribution in [2.24, 2.45) is 5.92 Å². The van der Waals surface area contributed by atoms with Crippen molar-refractivity contribution in [3.05, 3.63) is 35.9 Å². The number of rotatable bonds is 4. The van der Waals surface area contributed by atoms with E-state index >= 15 is 0 Å². The van der Waals surface area contributed by atoms with Gasteiger partial charge in [-0.05, 0) is 39.2 Å². The number of nitrogens with one attached hydrogen (secondary N) is 1. The molecule has 0 atom stereocenters. The van der Waals surface area contributed by atoms with E-state index < -0.39 is 5.60 Å². The zero-order valence-corrected chi connectivity index (χ0v) is 15.1. The van der Waals surface area contributed by atoms with Crippen LogP contribution < -0.4 is 5.32 Å². The molecule has 1 aromatic carbocycles. The Hall–Kier alpha value is -2.24. The summed E-state index contributed by atoms with van der Waals surface area (Å²) in [7, 11) is 0. The van der Waals surface area contributed by atoms with Gasteiger partial charge in [-0.2, -0.15) is 0 Å². The molecule has 1 aliphatic heterocycles. The summed E-state index contributed by atoms with van der Waals surface area (Å²) in [6.07, 6.45) is 1.19. The number of hydrogen-bond donors (Lipinski definition) is 1. The standard InChI is InChI=1S/C19H26N2O4/c1-18(2,3)25-16(22)20-19(9-10-19)15-11-21(12-15)17(23)24-13-14-7-5-4-6-8-14/h4-8,15H,9-13H2,1-3H3,(H,20,22). The van der Waals surface area contributed by atoms with Gasteiger partial charge in [0.25, 0.3) is 0 Å². The first kappa shape index (κ1) is 17.6. The summed E-state index contributed by atoms with van der Waals surface area (Å²) in [6.45, 7) is 7.05. The molecule has 1 heterocycles. The molecular weight excluding hydrogens is 320 g/mol. The van der Waals surface area contributed by atoms with E-state index in [0.29, 0.717) is 13.1 Å². The van der Waals surface area contributed by atoms with Crippen molar-refractivity contribution < 1.29 is 19.1 Å². The van der Waals surface area contributed by atoms with Crippen LogP contribution in [-0.2, 0) is 16.1 Å². The second-order valence-electron chi connectivity index (χ2n) is 7.93. The van der Waals surface area contributed by atoms with Crippen LogP contribution in [0.4, 0.5) is 9.59 Å². The third-order valence-corrected chi connectivity index (χ3v) is 4.66. The van der Waals surface area contributed by atoms with Gasteiger partial charge in [0.15, 0.2) is 0 Å².